The Morgan fingerprint density at radius 1 is 1.22 bits per heavy atom. The quantitative estimate of drug-likeness (QED) is 0.893. The Hall–Kier alpha value is -0.930. The third-order valence-corrected chi connectivity index (χ3v) is 3.77. The van der Waals surface area contributed by atoms with Gasteiger partial charge in [-0.15, -0.1) is 0 Å². The molecule has 1 fully saturated rings. The molecule has 2 N–H and O–H groups in total. The molecule has 2 nitrogen and oxygen atoms in total. The van der Waals surface area contributed by atoms with Gasteiger partial charge in [0, 0.05) is 13.1 Å². The molecule has 0 spiro atoms. The van der Waals surface area contributed by atoms with Crippen LogP contribution in [0, 0.1) is 11.7 Å². The van der Waals surface area contributed by atoms with E-state index in [4.69, 9.17) is 5.73 Å². The van der Waals surface area contributed by atoms with Gasteiger partial charge < -0.3 is 5.73 Å². The Kier molecular flexibility index (Phi) is 4.72. The van der Waals surface area contributed by atoms with Gasteiger partial charge in [0.2, 0.25) is 0 Å². The smallest absolute Gasteiger partial charge is 0.123 e. The van der Waals surface area contributed by atoms with Crippen molar-refractivity contribution in [1.29, 1.82) is 0 Å². The molecular formula is C15H23FN2. The third-order valence-electron chi connectivity index (χ3n) is 3.77. The molecule has 1 aromatic carbocycles. The van der Waals surface area contributed by atoms with Crippen LogP contribution in [0.25, 0.3) is 0 Å². The van der Waals surface area contributed by atoms with E-state index >= 15 is 0 Å². The van der Waals surface area contributed by atoms with Gasteiger partial charge >= 0.3 is 0 Å². The zero-order chi connectivity index (χ0) is 13.0. The topological polar surface area (TPSA) is 29.3 Å². The van der Waals surface area contributed by atoms with Crippen LogP contribution in [0.3, 0.4) is 0 Å². The second kappa shape index (κ2) is 6.30. The van der Waals surface area contributed by atoms with E-state index in [0.29, 0.717) is 6.54 Å². The molecule has 1 aromatic rings. The van der Waals surface area contributed by atoms with Crippen LogP contribution >= 0.6 is 0 Å². The molecule has 0 aromatic heterocycles. The van der Waals surface area contributed by atoms with E-state index in [0.717, 1.165) is 36.7 Å². The molecule has 1 aliphatic heterocycles. The van der Waals surface area contributed by atoms with Crippen LogP contribution in [0.15, 0.2) is 18.2 Å². The standard InChI is InChI=1S/C15H23FN2/c1-12-3-2-5-18(6-4-12)11-14-7-13(10-17)8-15(16)9-14/h7-9,12H,2-6,10-11,17H2,1H3. The van der Waals surface area contributed by atoms with Crippen LogP contribution in [0.2, 0.25) is 0 Å². The molecule has 1 aliphatic rings. The molecule has 18 heavy (non-hydrogen) atoms. The summed E-state index contributed by atoms with van der Waals surface area (Å²) in [5.41, 5.74) is 7.51. The highest BCUT2D eigenvalue weighted by molar-refractivity contribution is 5.24. The first-order chi connectivity index (χ1) is 8.67. The van der Waals surface area contributed by atoms with Gasteiger partial charge in [-0.25, -0.2) is 4.39 Å². The predicted octanol–water partition coefficient (Wildman–Crippen LogP) is 2.91. The fraction of sp³-hybridized carbons (Fsp3) is 0.600. The summed E-state index contributed by atoms with van der Waals surface area (Å²) >= 11 is 0. The summed E-state index contributed by atoms with van der Waals surface area (Å²) in [6, 6.07) is 5.18. The van der Waals surface area contributed by atoms with Crippen molar-refractivity contribution in [3.63, 3.8) is 0 Å². The van der Waals surface area contributed by atoms with Crippen molar-refractivity contribution in [3.05, 3.63) is 35.1 Å². The van der Waals surface area contributed by atoms with Gasteiger partial charge in [-0.2, -0.15) is 0 Å². The second-order valence-corrected chi connectivity index (χ2v) is 5.48. The Bertz CT molecular complexity index is 392. The first kappa shape index (κ1) is 13.5. The Labute approximate surface area is 109 Å². The largest absolute Gasteiger partial charge is 0.326 e. The minimum absolute atomic E-state index is 0.170. The zero-order valence-corrected chi connectivity index (χ0v) is 11.2. The molecule has 0 amide bonds. The fourth-order valence-electron chi connectivity index (χ4n) is 2.67. The molecule has 0 bridgehead atoms. The van der Waals surface area contributed by atoms with Gasteiger partial charge in [-0.3, -0.25) is 4.90 Å². The van der Waals surface area contributed by atoms with E-state index in [9.17, 15) is 4.39 Å². The van der Waals surface area contributed by atoms with Gasteiger partial charge in [-0.1, -0.05) is 13.0 Å². The fourth-order valence-corrected chi connectivity index (χ4v) is 2.67. The lowest BCUT2D eigenvalue weighted by Gasteiger charge is -2.20. The lowest BCUT2D eigenvalue weighted by atomic mass is 10.0. The Morgan fingerprint density at radius 3 is 2.78 bits per heavy atom. The average Bonchev–Trinajstić information content (AvgIpc) is 2.54. The minimum atomic E-state index is -0.170. The van der Waals surface area contributed by atoms with Crippen LogP contribution in [0.5, 0.6) is 0 Å². The van der Waals surface area contributed by atoms with E-state index in [2.05, 4.69) is 11.8 Å². The van der Waals surface area contributed by atoms with Crippen molar-refractivity contribution >= 4 is 0 Å². The molecule has 0 saturated carbocycles. The summed E-state index contributed by atoms with van der Waals surface area (Å²) in [7, 11) is 0. The highest BCUT2D eigenvalue weighted by Crippen LogP contribution is 2.19. The first-order valence-corrected chi connectivity index (χ1v) is 6.88. The maximum absolute atomic E-state index is 13.4. The predicted molar refractivity (Wildman–Crippen MR) is 72.6 cm³/mol. The number of hydrogen-bond donors (Lipinski definition) is 1. The summed E-state index contributed by atoms with van der Waals surface area (Å²) < 4.78 is 13.4. The van der Waals surface area contributed by atoms with Crippen molar-refractivity contribution in [1.82, 2.24) is 4.90 Å². The molecule has 1 saturated heterocycles. The van der Waals surface area contributed by atoms with Crippen LogP contribution in [0.4, 0.5) is 4.39 Å². The summed E-state index contributed by atoms with van der Waals surface area (Å²) in [6.45, 7) is 5.81. The van der Waals surface area contributed by atoms with Gasteiger partial charge in [0.1, 0.15) is 5.82 Å². The lowest BCUT2D eigenvalue weighted by molar-refractivity contribution is 0.273. The monoisotopic (exact) mass is 250 g/mol. The normalized spacial score (nSPS) is 21.8. The Balaban J connectivity index is 2.01. The van der Waals surface area contributed by atoms with E-state index in [1.165, 1.54) is 25.3 Å². The van der Waals surface area contributed by atoms with Crippen LogP contribution in [0.1, 0.15) is 37.3 Å². The van der Waals surface area contributed by atoms with E-state index in [1.54, 1.807) is 6.07 Å². The molecule has 0 radical (unpaired) electrons. The lowest BCUT2D eigenvalue weighted by Crippen LogP contribution is -2.24. The molecule has 1 heterocycles. The van der Waals surface area contributed by atoms with E-state index < -0.39 is 0 Å². The highest BCUT2D eigenvalue weighted by Gasteiger charge is 2.14. The van der Waals surface area contributed by atoms with E-state index in [-0.39, 0.29) is 5.82 Å². The number of nitrogens with two attached hydrogens (primary N) is 1. The highest BCUT2D eigenvalue weighted by atomic mass is 19.1. The number of nitrogens with zero attached hydrogens (tertiary/aromatic N) is 1. The molecule has 2 rings (SSSR count). The number of rotatable bonds is 3. The maximum Gasteiger partial charge on any atom is 0.123 e. The van der Waals surface area contributed by atoms with Crippen molar-refractivity contribution in [3.8, 4) is 0 Å². The molecule has 100 valence electrons. The van der Waals surface area contributed by atoms with Crippen molar-refractivity contribution in [2.45, 2.75) is 39.3 Å². The van der Waals surface area contributed by atoms with Crippen molar-refractivity contribution in [2.24, 2.45) is 11.7 Å². The summed E-state index contributed by atoms with van der Waals surface area (Å²) in [6.07, 6.45) is 3.81. The van der Waals surface area contributed by atoms with Gasteiger partial charge in [0.05, 0.1) is 0 Å². The number of halogens is 1. The van der Waals surface area contributed by atoms with Crippen LogP contribution < -0.4 is 5.73 Å². The molecular weight excluding hydrogens is 227 g/mol. The number of hydrogen-bond acceptors (Lipinski definition) is 2. The van der Waals surface area contributed by atoms with Crippen LogP contribution in [-0.2, 0) is 13.1 Å². The number of benzene rings is 1. The summed E-state index contributed by atoms with van der Waals surface area (Å²) in [4.78, 5) is 2.43. The van der Waals surface area contributed by atoms with Gasteiger partial charge in [0.15, 0.2) is 0 Å². The molecule has 1 atom stereocenters. The van der Waals surface area contributed by atoms with E-state index in [1.807, 2.05) is 6.07 Å². The maximum atomic E-state index is 13.4. The van der Waals surface area contributed by atoms with Gasteiger partial charge in [-0.05, 0) is 61.5 Å². The molecule has 1 unspecified atom stereocenters. The summed E-state index contributed by atoms with van der Waals surface area (Å²) in [5, 5.41) is 0. The summed E-state index contributed by atoms with van der Waals surface area (Å²) in [5.74, 6) is 0.651. The Morgan fingerprint density at radius 2 is 2.00 bits per heavy atom. The average molecular weight is 250 g/mol. The zero-order valence-electron chi connectivity index (χ0n) is 11.2. The van der Waals surface area contributed by atoms with Gasteiger partial charge in [0.25, 0.3) is 0 Å². The number of likely N-dealkylation sites (tertiary alicyclic amines) is 1. The minimum Gasteiger partial charge on any atom is -0.326 e. The second-order valence-electron chi connectivity index (χ2n) is 5.48. The first-order valence-electron chi connectivity index (χ1n) is 6.88. The molecule has 3 heteroatoms. The van der Waals surface area contributed by atoms with Crippen LogP contribution in [-0.4, -0.2) is 18.0 Å². The SMILES string of the molecule is CC1CCCN(Cc2cc(F)cc(CN)c2)CC1. The molecule has 0 aliphatic carbocycles. The van der Waals surface area contributed by atoms with Crippen molar-refractivity contribution < 1.29 is 4.39 Å². The van der Waals surface area contributed by atoms with Crippen molar-refractivity contribution in [2.75, 3.05) is 13.1 Å². The third kappa shape index (κ3) is 3.79.